The largest absolute Gasteiger partial charge is 0.458 e. The van der Waals surface area contributed by atoms with Crippen molar-refractivity contribution in [2.75, 3.05) is 19.5 Å². The molecule has 1 aliphatic heterocycles. The third-order valence-electron chi connectivity index (χ3n) is 2.93. The molecular weight excluding hydrogens is 354 g/mol. The van der Waals surface area contributed by atoms with Crippen molar-refractivity contribution >= 4 is 22.2 Å². The number of rotatable bonds is 4. The first kappa shape index (κ1) is 21.7. The second kappa shape index (κ2) is 7.08. The van der Waals surface area contributed by atoms with Crippen LogP contribution in [-0.2, 0) is 33.3 Å². The quantitative estimate of drug-likeness (QED) is 0.565. The zero-order valence-corrected chi connectivity index (χ0v) is 16.5. The standard InChI is InChI=1S/C15H27NO8S/c1-13(2,3)22-11(17)15(16-12(18)23-14(4,5)6)9-21-8-10(15)24-25(7,19)20/h10H,8-9H2,1-7H3,(H,16,18)/t10-,15+/m0/s1. The molecule has 1 aliphatic rings. The van der Waals surface area contributed by atoms with Crippen LogP contribution in [0.5, 0.6) is 0 Å². The Kier molecular flexibility index (Phi) is 6.13. The fourth-order valence-corrected chi connectivity index (χ4v) is 2.74. The molecule has 0 aromatic carbocycles. The number of esters is 1. The third-order valence-corrected chi connectivity index (χ3v) is 3.51. The van der Waals surface area contributed by atoms with Crippen LogP contribution in [0, 0.1) is 0 Å². The SMILES string of the molecule is CC(C)(C)OC(=O)N[C@]1(C(=O)OC(C)(C)C)COC[C@@H]1OS(C)(=O)=O. The molecule has 2 atom stereocenters. The first-order chi connectivity index (χ1) is 11.0. The van der Waals surface area contributed by atoms with Gasteiger partial charge in [0, 0.05) is 0 Å². The Hall–Kier alpha value is -1.39. The van der Waals surface area contributed by atoms with Crippen molar-refractivity contribution in [3.8, 4) is 0 Å². The molecule has 1 heterocycles. The van der Waals surface area contributed by atoms with E-state index in [0.717, 1.165) is 6.26 Å². The van der Waals surface area contributed by atoms with Gasteiger partial charge in [-0.1, -0.05) is 0 Å². The fraction of sp³-hybridized carbons (Fsp3) is 0.867. The van der Waals surface area contributed by atoms with Crippen molar-refractivity contribution in [3.05, 3.63) is 0 Å². The van der Waals surface area contributed by atoms with E-state index in [1.807, 2.05) is 0 Å². The van der Waals surface area contributed by atoms with E-state index >= 15 is 0 Å². The van der Waals surface area contributed by atoms with Crippen LogP contribution in [0.4, 0.5) is 4.79 Å². The van der Waals surface area contributed by atoms with Crippen molar-refractivity contribution in [1.82, 2.24) is 5.32 Å². The topological polar surface area (TPSA) is 117 Å². The molecule has 25 heavy (non-hydrogen) atoms. The summed E-state index contributed by atoms with van der Waals surface area (Å²) in [7, 11) is -3.91. The predicted octanol–water partition coefficient (Wildman–Crippen LogP) is 0.967. The molecule has 0 aromatic heterocycles. The van der Waals surface area contributed by atoms with Gasteiger partial charge in [0.05, 0.1) is 19.5 Å². The molecule has 1 amide bonds. The summed E-state index contributed by atoms with van der Waals surface area (Å²) in [4.78, 5) is 24.9. The highest BCUT2D eigenvalue weighted by Crippen LogP contribution is 2.28. The van der Waals surface area contributed by atoms with E-state index in [9.17, 15) is 18.0 Å². The average Bonchev–Trinajstić information content (AvgIpc) is 2.65. The second-order valence-electron chi connectivity index (χ2n) is 7.90. The first-order valence-corrected chi connectivity index (χ1v) is 9.56. The summed E-state index contributed by atoms with van der Waals surface area (Å²) in [5.41, 5.74) is -3.51. The Labute approximate surface area is 148 Å². The molecule has 10 heteroatoms. The average molecular weight is 381 g/mol. The molecule has 0 aliphatic carbocycles. The molecule has 0 bridgehead atoms. The van der Waals surface area contributed by atoms with E-state index in [-0.39, 0.29) is 13.2 Å². The molecule has 1 rings (SSSR count). The van der Waals surface area contributed by atoms with Gasteiger partial charge in [0.2, 0.25) is 0 Å². The van der Waals surface area contributed by atoms with Crippen LogP contribution in [0.25, 0.3) is 0 Å². The number of amides is 1. The monoisotopic (exact) mass is 381 g/mol. The molecule has 9 nitrogen and oxygen atoms in total. The van der Waals surface area contributed by atoms with Crippen LogP contribution in [0.3, 0.4) is 0 Å². The Balaban J connectivity index is 3.17. The highest BCUT2D eigenvalue weighted by Gasteiger charge is 2.56. The molecule has 146 valence electrons. The lowest BCUT2D eigenvalue weighted by molar-refractivity contribution is -0.165. The van der Waals surface area contributed by atoms with E-state index < -0.39 is 45.0 Å². The summed E-state index contributed by atoms with van der Waals surface area (Å²) in [5.74, 6) is -0.864. The van der Waals surface area contributed by atoms with Crippen molar-refractivity contribution in [2.45, 2.75) is 64.4 Å². The summed E-state index contributed by atoms with van der Waals surface area (Å²) in [6.45, 7) is 9.40. The molecule has 1 fully saturated rings. The van der Waals surface area contributed by atoms with Gasteiger partial charge in [0.1, 0.15) is 17.3 Å². The van der Waals surface area contributed by atoms with Gasteiger partial charge in [0.15, 0.2) is 5.54 Å². The Morgan fingerprint density at radius 2 is 1.60 bits per heavy atom. The van der Waals surface area contributed by atoms with Crippen molar-refractivity contribution in [1.29, 1.82) is 0 Å². The lowest BCUT2D eigenvalue weighted by Crippen LogP contribution is -2.64. The van der Waals surface area contributed by atoms with Gasteiger partial charge in [-0.25, -0.2) is 9.59 Å². The predicted molar refractivity (Wildman–Crippen MR) is 88.5 cm³/mol. The maximum absolute atomic E-state index is 12.7. The van der Waals surface area contributed by atoms with E-state index in [4.69, 9.17) is 18.4 Å². The van der Waals surface area contributed by atoms with Crippen LogP contribution in [0.15, 0.2) is 0 Å². The number of hydrogen-bond acceptors (Lipinski definition) is 8. The molecule has 1 N–H and O–H groups in total. The summed E-state index contributed by atoms with van der Waals surface area (Å²) in [5, 5.41) is 2.39. The number of hydrogen-bond donors (Lipinski definition) is 1. The van der Waals surface area contributed by atoms with Crippen LogP contribution in [-0.4, -0.2) is 62.8 Å². The van der Waals surface area contributed by atoms with E-state index in [1.165, 1.54) is 0 Å². The molecule has 0 saturated carbocycles. The zero-order valence-electron chi connectivity index (χ0n) is 15.7. The van der Waals surface area contributed by atoms with Gasteiger partial charge in [-0.3, -0.25) is 4.18 Å². The smallest absolute Gasteiger partial charge is 0.408 e. The van der Waals surface area contributed by atoms with Gasteiger partial charge < -0.3 is 19.5 Å². The maximum Gasteiger partial charge on any atom is 0.408 e. The summed E-state index contributed by atoms with van der Waals surface area (Å²) < 4.78 is 43.7. The second-order valence-corrected chi connectivity index (χ2v) is 9.50. The minimum Gasteiger partial charge on any atom is -0.458 e. The van der Waals surface area contributed by atoms with E-state index in [1.54, 1.807) is 41.5 Å². The van der Waals surface area contributed by atoms with E-state index in [2.05, 4.69) is 5.32 Å². The summed E-state index contributed by atoms with van der Waals surface area (Å²) in [6.07, 6.45) is -1.34. The highest BCUT2D eigenvalue weighted by molar-refractivity contribution is 7.86. The minimum atomic E-state index is -3.91. The molecule has 0 unspecified atom stereocenters. The van der Waals surface area contributed by atoms with Gasteiger partial charge >= 0.3 is 12.1 Å². The van der Waals surface area contributed by atoms with Gasteiger partial charge in [0.25, 0.3) is 10.1 Å². The van der Waals surface area contributed by atoms with Crippen molar-refractivity contribution < 1.29 is 36.4 Å². The summed E-state index contributed by atoms with van der Waals surface area (Å²) in [6, 6.07) is 0. The molecule has 0 spiro atoms. The van der Waals surface area contributed by atoms with Crippen molar-refractivity contribution in [2.24, 2.45) is 0 Å². The van der Waals surface area contributed by atoms with Crippen LogP contribution >= 0.6 is 0 Å². The van der Waals surface area contributed by atoms with Gasteiger partial charge in [-0.05, 0) is 41.5 Å². The molecule has 0 aromatic rings. The number of alkyl carbamates (subject to hydrolysis) is 1. The third kappa shape index (κ3) is 6.79. The minimum absolute atomic E-state index is 0.206. The number of carbonyl (C=O) groups is 2. The van der Waals surface area contributed by atoms with Gasteiger partial charge in [-0.15, -0.1) is 0 Å². The van der Waals surface area contributed by atoms with E-state index in [0.29, 0.717) is 0 Å². The summed E-state index contributed by atoms with van der Waals surface area (Å²) >= 11 is 0. The fourth-order valence-electron chi connectivity index (χ4n) is 2.10. The Morgan fingerprint density at radius 3 is 2.04 bits per heavy atom. The normalized spacial score (nSPS) is 24.7. The number of carbonyl (C=O) groups excluding carboxylic acids is 2. The van der Waals surface area contributed by atoms with Crippen molar-refractivity contribution in [3.63, 3.8) is 0 Å². The number of nitrogens with one attached hydrogen (secondary N) is 1. The van der Waals surface area contributed by atoms with Crippen LogP contribution < -0.4 is 5.32 Å². The molecule has 0 radical (unpaired) electrons. The molecule has 1 saturated heterocycles. The highest BCUT2D eigenvalue weighted by atomic mass is 32.2. The lowest BCUT2D eigenvalue weighted by Gasteiger charge is -2.34. The Bertz CT molecular complexity index is 616. The van der Waals surface area contributed by atoms with Crippen LogP contribution in [0.2, 0.25) is 0 Å². The first-order valence-electron chi connectivity index (χ1n) is 7.75. The molecular formula is C15H27NO8S. The van der Waals surface area contributed by atoms with Crippen LogP contribution in [0.1, 0.15) is 41.5 Å². The van der Waals surface area contributed by atoms with Gasteiger partial charge in [-0.2, -0.15) is 8.42 Å². The zero-order chi connectivity index (χ0) is 19.7. The number of ether oxygens (including phenoxy) is 3. The maximum atomic E-state index is 12.7. The lowest BCUT2D eigenvalue weighted by atomic mass is 9.95. The Morgan fingerprint density at radius 1 is 1.08 bits per heavy atom.